The van der Waals surface area contributed by atoms with E-state index in [0.717, 1.165) is 11.8 Å². The Kier molecular flexibility index (Phi) is 5.16. The van der Waals surface area contributed by atoms with Crippen LogP contribution in [0.25, 0.3) is 0 Å². The van der Waals surface area contributed by atoms with Gasteiger partial charge in [0.05, 0.1) is 6.10 Å². The number of rotatable bonds is 3. The van der Waals surface area contributed by atoms with Gasteiger partial charge < -0.3 is 24.8 Å². The van der Waals surface area contributed by atoms with E-state index in [2.05, 4.69) is 0 Å². The van der Waals surface area contributed by atoms with Gasteiger partial charge in [-0.15, -0.1) is 0 Å². The van der Waals surface area contributed by atoms with Crippen molar-refractivity contribution in [2.75, 3.05) is 12.9 Å². The van der Waals surface area contributed by atoms with E-state index in [1.807, 2.05) is 0 Å². The molecule has 1 aliphatic rings. The summed E-state index contributed by atoms with van der Waals surface area (Å²) in [6, 6.07) is 0. The molecule has 0 amide bonds. The molecule has 0 aliphatic carbocycles. The highest BCUT2D eigenvalue weighted by molar-refractivity contribution is 8.13. The maximum atomic E-state index is 10.8. The van der Waals surface area contributed by atoms with Crippen LogP contribution in [0.1, 0.15) is 6.92 Å². The van der Waals surface area contributed by atoms with Crippen molar-refractivity contribution in [1.29, 1.82) is 0 Å². The molecule has 1 saturated heterocycles. The SMILES string of the molecule is CO[C@H]1OC(CSC(C)=O)[C@@H](O)C(O)C1O. The summed E-state index contributed by atoms with van der Waals surface area (Å²) < 4.78 is 10.0. The van der Waals surface area contributed by atoms with E-state index in [-0.39, 0.29) is 10.9 Å². The summed E-state index contributed by atoms with van der Waals surface area (Å²) >= 11 is 0.985. The van der Waals surface area contributed by atoms with Gasteiger partial charge in [-0.25, -0.2) is 0 Å². The van der Waals surface area contributed by atoms with Gasteiger partial charge >= 0.3 is 0 Å². The first-order valence-corrected chi connectivity index (χ1v) is 5.81. The molecular formula is C9H16O6S. The predicted octanol–water partition coefficient (Wildman–Crippen LogP) is -1.28. The number of hydrogen-bond acceptors (Lipinski definition) is 7. The van der Waals surface area contributed by atoms with Crippen LogP contribution in [0, 0.1) is 0 Å². The van der Waals surface area contributed by atoms with Crippen LogP contribution in [-0.2, 0) is 14.3 Å². The summed E-state index contributed by atoms with van der Waals surface area (Å²) in [4.78, 5) is 10.8. The zero-order valence-corrected chi connectivity index (χ0v) is 9.88. The Morgan fingerprint density at radius 2 is 1.94 bits per heavy atom. The van der Waals surface area contributed by atoms with Crippen molar-refractivity contribution in [2.24, 2.45) is 0 Å². The molecule has 0 saturated carbocycles. The number of carbonyl (C=O) groups is 1. The van der Waals surface area contributed by atoms with Crippen LogP contribution in [0.4, 0.5) is 0 Å². The van der Waals surface area contributed by atoms with Gasteiger partial charge in [0.2, 0.25) is 0 Å². The molecule has 6 nitrogen and oxygen atoms in total. The third-order valence-corrected chi connectivity index (χ3v) is 3.25. The molecule has 3 unspecified atom stereocenters. The smallest absolute Gasteiger partial charge is 0.186 e. The van der Waals surface area contributed by atoms with Crippen molar-refractivity contribution in [2.45, 2.75) is 37.6 Å². The summed E-state index contributed by atoms with van der Waals surface area (Å²) in [5.74, 6) is 0.208. The largest absolute Gasteiger partial charge is 0.388 e. The van der Waals surface area contributed by atoms with Gasteiger partial charge in [0, 0.05) is 19.8 Å². The normalized spacial score (nSPS) is 39.7. The Morgan fingerprint density at radius 1 is 1.31 bits per heavy atom. The molecule has 1 rings (SSSR count). The molecule has 0 bridgehead atoms. The van der Waals surface area contributed by atoms with Crippen molar-refractivity contribution in [3.8, 4) is 0 Å². The number of aliphatic hydroxyl groups excluding tert-OH is 3. The fourth-order valence-electron chi connectivity index (χ4n) is 1.45. The monoisotopic (exact) mass is 252 g/mol. The molecule has 16 heavy (non-hydrogen) atoms. The lowest BCUT2D eigenvalue weighted by Gasteiger charge is -2.39. The molecule has 3 N–H and O–H groups in total. The Labute approximate surface area is 97.5 Å². The van der Waals surface area contributed by atoms with Gasteiger partial charge in [-0.1, -0.05) is 11.8 Å². The molecular weight excluding hydrogens is 236 g/mol. The number of carbonyl (C=O) groups excluding carboxylic acids is 1. The first-order valence-electron chi connectivity index (χ1n) is 4.83. The summed E-state index contributed by atoms with van der Waals surface area (Å²) in [6.07, 6.45) is -5.59. The first-order chi connectivity index (χ1) is 7.47. The molecule has 0 aromatic rings. The van der Waals surface area contributed by atoms with Crippen molar-refractivity contribution in [3.63, 3.8) is 0 Å². The van der Waals surface area contributed by atoms with E-state index in [1.54, 1.807) is 0 Å². The molecule has 94 valence electrons. The molecule has 0 aromatic carbocycles. The van der Waals surface area contributed by atoms with Gasteiger partial charge in [-0.05, 0) is 0 Å². The van der Waals surface area contributed by atoms with Gasteiger partial charge in [-0.2, -0.15) is 0 Å². The molecule has 0 spiro atoms. The summed E-state index contributed by atoms with van der Waals surface area (Å²) in [6.45, 7) is 1.40. The summed E-state index contributed by atoms with van der Waals surface area (Å²) in [7, 11) is 1.33. The van der Waals surface area contributed by atoms with Gasteiger partial charge in [0.1, 0.15) is 18.3 Å². The average Bonchev–Trinajstić information content (AvgIpc) is 2.25. The lowest BCUT2D eigenvalue weighted by molar-refractivity contribution is -0.284. The van der Waals surface area contributed by atoms with E-state index in [9.17, 15) is 20.1 Å². The minimum absolute atomic E-state index is 0.106. The molecule has 0 aromatic heterocycles. The van der Waals surface area contributed by atoms with Crippen LogP contribution in [0.15, 0.2) is 0 Å². The zero-order valence-electron chi connectivity index (χ0n) is 9.07. The second kappa shape index (κ2) is 5.95. The number of aliphatic hydroxyl groups is 3. The molecule has 0 radical (unpaired) electrons. The van der Waals surface area contributed by atoms with Crippen LogP contribution in [0.2, 0.25) is 0 Å². The van der Waals surface area contributed by atoms with Crippen LogP contribution < -0.4 is 0 Å². The highest BCUT2D eigenvalue weighted by atomic mass is 32.2. The van der Waals surface area contributed by atoms with Crippen LogP contribution in [0.5, 0.6) is 0 Å². The highest BCUT2D eigenvalue weighted by Crippen LogP contribution is 2.24. The molecule has 1 fully saturated rings. The van der Waals surface area contributed by atoms with Crippen LogP contribution in [-0.4, -0.2) is 64.0 Å². The first kappa shape index (κ1) is 13.9. The molecule has 5 atom stereocenters. The van der Waals surface area contributed by atoms with Crippen LogP contribution in [0.3, 0.4) is 0 Å². The Balaban J connectivity index is 2.60. The molecule has 1 aliphatic heterocycles. The number of thioether (sulfide) groups is 1. The Bertz CT molecular complexity index is 246. The van der Waals surface area contributed by atoms with E-state index in [0.29, 0.717) is 0 Å². The lowest BCUT2D eigenvalue weighted by atomic mass is 10.00. The number of methoxy groups -OCH3 is 1. The standard InChI is InChI=1S/C9H16O6S/c1-4(10)16-3-5-6(11)7(12)8(13)9(14-2)15-5/h5-9,11-13H,3H2,1-2H3/t5?,6-,7?,8?,9+/m1/s1. The van der Waals surface area contributed by atoms with Gasteiger partial charge in [0.15, 0.2) is 11.4 Å². The molecule has 1 heterocycles. The zero-order chi connectivity index (χ0) is 12.3. The van der Waals surface area contributed by atoms with Crippen molar-refractivity contribution in [3.05, 3.63) is 0 Å². The van der Waals surface area contributed by atoms with E-state index in [1.165, 1.54) is 14.0 Å². The van der Waals surface area contributed by atoms with Crippen molar-refractivity contribution in [1.82, 2.24) is 0 Å². The minimum atomic E-state index is -1.34. The van der Waals surface area contributed by atoms with E-state index < -0.39 is 30.7 Å². The Hall–Kier alpha value is -0.180. The summed E-state index contributed by atoms with van der Waals surface area (Å²) in [5.41, 5.74) is 0. The third-order valence-electron chi connectivity index (χ3n) is 2.35. The minimum Gasteiger partial charge on any atom is -0.388 e. The molecule has 7 heteroatoms. The van der Waals surface area contributed by atoms with Crippen molar-refractivity contribution >= 4 is 16.9 Å². The maximum absolute atomic E-state index is 10.8. The summed E-state index contributed by atoms with van der Waals surface area (Å²) in [5, 5.41) is 28.5. The Morgan fingerprint density at radius 3 is 2.44 bits per heavy atom. The fourth-order valence-corrected chi connectivity index (χ4v) is 2.12. The van der Waals surface area contributed by atoms with Gasteiger partial charge in [-0.3, -0.25) is 4.79 Å². The average molecular weight is 252 g/mol. The maximum Gasteiger partial charge on any atom is 0.186 e. The predicted molar refractivity (Wildman–Crippen MR) is 56.8 cm³/mol. The quantitative estimate of drug-likeness (QED) is 0.575. The second-order valence-electron chi connectivity index (χ2n) is 3.55. The van der Waals surface area contributed by atoms with Gasteiger partial charge in [0.25, 0.3) is 0 Å². The number of hydrogen-bond donors (Lipinski definition) is 3. The third kappa shape index (κ3) is 3.16. The van der Waals surface area contributed by atoms with Crippen molar-refractivity contribution < 1.29 is 29.6 Å². The fraction of sp³-hybridized carbons (Fsp3) is 0.889. The number of ether oxygens (including phenoxy) is 2. The topological polar surface area (TPSA) is 96.2 Å². The van der Waals surface area contributed by atoms with Crippen LogP contribution >= 0.6 is 11.8 Å². The van der Waals surface area contributed by atoms with E-state index >= 15 is 0 Å². The lowest BCUT2D eigenvalue weighted by Crippen LogP contribution is -2.58. The van der Waals surface area contributed by atoms with E-state index in [4.69, 9.17) is 9.47 Å². The second-order valence-corrected chi connectivity index (χ2v) is 4.75. The highest BCUT2D eigenvalue weighted by Gasteiger charge is 2.43.